The van der Waals surface area contributed by atoms with Crippen molar-refractivity contribution >= 4 is 57.4 Å². The Morgan fingerprint density at radius 1 is 1.15 bits per heavy atom. The van der Waals surface area contributed by atoms with Crippen LogP contribution in [0.25, 0.3) is 0 Å². The third-order valence-electron chi connectivity index (χ3n) is 2.37. The molecule has 0 aromatic heterocycles. The number of carbonyl (C=O) groups is 1. The van der Waals surface area contributed by atoms with E-state index in [0.717, 1.165) is 3.57 Å². The molecule has 2 aromatic rings. The highest BCUT2D eigenvalue weighted by Crippen LogP contribution is 2.22. The van der Waals surface area contributed by atoms with Gasteiger partial charge >= 0.3 is 0 Å². The molecule has 0 aliphatic heterocycles. The molecule has 1 N–H and O–H groups in total. The van der Waals surface area contributed by atoms with Crippen LogP contribution in [0.15, 0.2) is 42.5 Å². The molecule has 0 aliphatic carbocycles. The van der Waals surface area contributed by atoms with Crippen LogP contribution in [0.1, 0.15) is 0 Å². The molecular weight excluding hydrogens is 412 g/mol. The number of nitrogens with one attached hydrogen (secondary N) is 1. The normalized spacial score (nSPS) is 10.2. The highest BCUT2D eigenvalue weighted by molar-refractivity contribution is 14.1. The molecule has 2 aromatic carbocycles. The van der Waals surface area contributed by atoms with Crippen molar-refractivity contribution in [2.24, 2.45) is 0 Å². The lowest BCUT2D eigenvalue weighted by atomic mass is 10.3. The summed E-state index contributed by atoms with van der Waals surface area (Å²) in [6.07, 6.45) is 0. The van der Waals surface area contributed by atoms with Crippen molar-refractivity contribution in [3.8, 4) is 5.75 Å². The third-order valence-corrected chi connectivity index (χ3v) is 3.73. The van der Waals surface area contributed by atoms with Crippen molar-refractivity contribution < 1.29 is 9.53 Å². The third kappa shape index (κ3) is 4.54. The highest BCUT2D eigenvalue weighted by Gasteiger charge is 2.07. The number of hydrogen-bond donors (Lipinski definition) is 1. The van der Waals surface area contributed by atoms with Crippen LogP contribution in [0.4, 0.5) is 5.69 Å². The maximum atomic E-state index is 11.8. The molecule has 3 nitrogen and oxygen atoms in total. The lowest BCUT2D eigenvalue weighted by molar-refractivity contribution is -0.118. The van der Waals surface area contributed by atoms with E-state index >= 15 is 0 Å². The van der Waals surface area contributed by atoms with E-state index in [1.165, 1.54) is 0 Å². The quantitative estimate of drug-likeness (QED) is 0.731. The maximum Gasteiger partial charge on any atom is 0.262 e. The zero-order valence-electron chi connectivity index (χ0n) is 10.2. The van der Waals surface area contributed by atoms with Gasteiger partial charge in [-0.1, -0.05) is 29.3 Å². The summed E-state index contributed by atoms with van der Waals surface area (Å²) in [6, 6.07) is 12.1. The predicted molar refractivity (Wildman–Crippen MR) is 89.7 cm³/mol. The number of halogens is 3. The van der Waals surface area contributed by atoms with Crippen LogP contribution in [-0.4, -0.2) is 12.5 Å². The monoisotopic (exact) mass is 421 g/mol. The number of amides is 1. The largest absolute Gasteiger partial charge is 0.484 e. The van der Waals surface area contributed by atoms with Gasteiger partial charge in [0.15, 0.2) is 6.61 Å². The van der Waals surface area contributed by atoms with Crippen molar-refractivity contribution in [1.29, 1.82) is 0 Å². The molecule has 20 heavy (non-hydrogen) atoms. The Balaban J connectivity index is 1.92. The van der Waals surface area contributed by atoms with Crippen LogP contribution in [-0.2, 0) is 4.79 Å². The first-order chi connectivity index (χ1) is 9.54. The molecule has 0 radical (unpaired) electrons. The second-order valence-electron chi connectivity index (χ2n) is 3.92. The fraction of sp³-hybridized carbons (Fsp3) is 0.0714. The summed E-state index contributed by atoms with van der Waals surface area (Å²) in [6.45, 7) is -0.0843. The summed E-state index contributed by atoms with van der Waals surface area (Å²) in [5.74, 6) is 0.309. The molecular formula is C14H10Cl2INO2. The molecule has 2 rings (SSSR count). The van der Waals surface area contributed by atoms with Crippen LogP contribution in [0, 0.1) is 3.57 Å². The van der Waals surface area contributed by atoms with Gasteiger partial charge in [-0.05, 0) is 59.0 Å². The van der Waals surface area contributed by atoms with Gasteiger partial charge < -0.3 is 10.1 Å². The van der Waals surface area contributed by atoms with Gasteiger partial charge in [0.05, 0.1) is 5.69 Å². The van der Waals surface area contributed by atoms with E-state index < -0.39 is 0 Å². The van der Waals surface area contributed by atoms with Gasteiger partial charge in [-0.2, -0.15) is 0 Å². The van der Waals surface area contributed by atoms with Crippen molar-refractivity contribution in [2.45, 2.75) is 0 Å². The molecule has 0 bridgehead atoms. The summed E-state index contributed by atoms with van der Waals surface area (Å²) in [7, 11) is 0. The van der Waals surface area contributed by atoms with Crippen LogP contribution in [0.2, 0.25) is 10.0 Å². The van der Waals surface area contributed by atoms with Crippen LogP contribution >= 0.6 is 45.8 Å². The smallest absolute Gasteiger partial charge is 0.262 e. The fourth-order valence-corrected chi connectivity index (χ4v) is 2.67. The minimum Gasteiger partial charge on any atom is -0.484 e. The predicted octanol–water partition coefficient (Wildman–Crippen LogP) is 4.62. The average molecular weight is 422 g/mol. The standard InChI is InChI=1S/C14H10Cl2INO2/c15-9-2-1-3-11(6-9)20-8-14(19)18-13-5-4-10(16)7-12(13)17/h1-7H,8H2,(H,18,19). The van der Waals surface area contributed by atoms with E-state index in [-0.39, 0.29) is 12.5 Å². The van der Waals surface area contributed by atoms with E-state index in [4.69, 9.17) is 27.9 Å². The van der Waals surface area contributed by atoms with E-state index in [1.807, 2.05) is 0 Å². The Morgan fingerprint density at radius 2 is 1.90 bits per heavy atom. The van der Waals surface area contributed by atoms with Crippen LogP contribution in [0.5, 0.6) is 5.75 Å². The zero-order chi connectivity index (χ0) is 14.5. The fourth-order valence-electron chi connectivity index (χ4n) is 1.48. The highest BCUT2D eigenvalue weighted by atomic mass is 127. The molecule has 0 heterocycles. The SMILES string of the molecule is O=C(COc1cccc(Cl)c1)Nc1ccc(Cl)cc1I. The summed E-state index contributed by atoms with van der Waals surface area (Å²) in [5, 5.41) is 3.95. The topological polar surface area (TPSA) is 38.3 Å². The first kappa shape index (κ1) is 15.4. The molecule has 0 atom stereocenters. The van der Waals surface area contributed by atoms with Crippen molar-refractivity contribution in [2.75, 3.05) is 11.9 Å². The molecule has 104 valence electrons. The van der Waals surface area contributed by atoms with Gasteiger partial charge in [-0.15, -0.1) is 0 Å². The van der Waals surface area contributed by atoms with Crippen LogP contribution < -0.4 is 10.1 Å². The minimum absolute atomic E-state index is 0.0843. The molecule has 0 aliphatic rings. The van der Waals surface area contributed by atoms with E-state index in [0.29, 0.717) is 21.5 Å². The Morgan fingerprint density at radius 3 is 2.60 bits per heavy atom. The minimum atomic E-state index is -0.245. The lowest BCUT2D eigenvalue weighted by Crippen LogP contribution is -2.20. The van der Waals surface area contributed by atoms with Gasteiger partial charge in [-0.25, -0.2) is 0 Å². The molecule has 6 heteroatoms. The number of anilines is 1. The van der Waals surface area contributed by atoms with E-state index in [1.54, 1.807) is 42.5 Å². The van der Waals surface area contributed by atoms with E-state index in [9.17, 15) is 4.79 Å². The number of carbonyl (C=O) groups excluding carboxylic acids is 1. The summed E-state index contributed by atoms with van der Waals surface area (Å²) in [5.41, 5.74) is 0.703. The molecule has 1 amide bonds. The van der Waals surface area contributed by atoms with Gasteiger partial charge in [0.2, 0.25) is 0 Å². The second kappa shape index (κ2) is 7.15. The average Bonchev–Trinajstić information content (AvgIpc) is 2.40. The molecule has 0 fully saturated rings. The Labute approximate surface area is 140 Å². The lowest BCUT2D eigenvalue weighted by Gasteiger charge is -2.09. The van der Waals surface area contributed by atoms with Crippen molar-refractivity contribution in [3.05, 3.63) is 56.1 Å². The molecule has 0 unspecified atom stereocenters. The first-order valence-corrected chi connectivity index (χ1v) is 7.51. The summed E-state index contributed by atoms with van der Waals surface area (Å²) >= 11 is 13.8. The Bertz CT molecular complexity index is 634. The number of benzene rings is 2. The Kier molecular flexibility index (Phi) is 5.51. The molecule has 0 saturated carbocycles. The van der Waals surface area contributed by atoms with Crippen molar-refractivity contribution in [3.63, 3.8) is 0 Å². The molecule has 0 spiro atoms. The summed E-state index contributed by atoms with van der Waals surface area (Å²) < 4.78 is 6.23. The summed E-state index contributed by atoms with van der Waals surface area (Å²) in [4.78, 5) is 11.8. The van der Waals surface area contributed by atoms with Crippen LogP contribution in [0.3, 0.4) is 0 Å². The number of rotatable bonds is 4. The number of hydrogen-bond acceptors (Lipinski definition) is 2. The zero-order valence-corrected chi connectivity index (χ0v) is 13.9. The number of ether oxygens (including phenoxy) is 1. The van der Waals surface area contributed by atoms with Crippen molar-refractivity contribution in [1.82, 2.24) is 0 Å². The second-order valence-corrected chi connectivity index (χ2v) is 5.95. The first-order valence-electron chi connectivity index (χ1n) is 5.68. The van der Waals surface area contributed by atoms with E-state index in [2.05, 4.69) is 27.9 Å². The van der Waals surface area contributed by atoms with Gasteiger partial charge in [-0.3, -0.25) is 4.79 Å². The molecule has 0 saturated heterocycles. The van der Waals surface area contributed by atoms with Gasteiger partial charge in [0, 0.05) is 13.6 Å². The van der Waals surface area contributed by atoms with Gasteiger partial charge in [0.1, 0.15) is 5.75 Å². The maximum absolute atomic E-state index is 11.8. The Hall–Kier alpha value is -0.980. The van der Waals surface area contributed by atoms with Gasteiger partial charge in [0.25, 0.3) is 5.91 Å².